The number of benzene rings is 2. The molecule has 130 valence electrons. The minimum Gasteiger partial charge on any atom is -0.451 e. The van der Waals surface area contributed by atoms with Crippen molar-refractivity contribution in [1.82, 2.24) is 9.99 Å². The van der Waals surface area contributed by atoms with Gasteiger partial charge >= 0.3 is 5.91 Å². The van der Waals surface area contributed by atoms with E-state index in [4.69, 9.17) is 4.42 Å². The molecule has 0 bridgehead atoms. The van der Waals surface area contributed by atoms with E-state index in [2.05, 4.69) is 15.1 Å². The van der Waals surface area contributed by atoms with E-state index in [1.807, 2.05) is 63.4 Å². The molecule has 4 rings (SSSR count). The number of hydrogen-bond acceptors (Lipinski definition) is 3. The highest BCUT2D eigenvalue weighted by molar-refractivity contribution is 6.08. The number of hydrogen-bond donors (Lipinski definition) is 1. The van der Waals surface area contributed by atoms with E-state index in [1.165, 1.54) is 0 Å². The highest BCUT2D eigenvalue weighted by Crippen LogP contribution is 2.28. The van der Waals surface area contributed by atoms with Crippen molar-refractivity contribution in [3.63, 3.8) is 0 Å². The number of fused-ring (bicyclic) bond motifs is 3. The second-order valence-electron chi connectivity index (χ2n) is 6.39. The van der Waals surface area contributed by atoms with Gasteiger partial charge in [-0.25, -0.2) is 5.43 Å². The second-order valence-corrected chi connectivity index (χ2v) is 6.39. The van der Waals surface area contributed by atoms with E-state index in [9.17, 15) is 4.79 Å². The first kappa shape index (κ1) is 16.1. The van der Waals surface area contributed by atoms with E-state index in [-0.39, 0.29) is 11.7 Å². The fraction of sp³-hybridized carbons (Fsp3) is 0.143. The lowest BCUT2D eigenvalue weighted by atomic mass is 10.1. The van der Waals surface area contributed by atoms with Gasteiger partial charge in [0, 0.05) is 29.4 Å². The summed E-state index contributed by atoms with van der Waals surface area (Å²) in [7, 11) is 2.00. The topological polar surface area (TPSA) is 59.5 Å². The van der Waals surface area contributed by atoms with Gasteiger partial charge in [0.1, 0.15) is 5.58 Å². The molecular weight excluding hydrogens is 326 g/mol. The summed E-state index contributed by atoms with van der Waals surface area (Å²) in [5, 5.41) is 7.16. The summed E-state index contributed by atoms with van der Waals surface area (Å²) < 4.78 is 7.77. The van der Waals surface area contributed by atoms with Crippen LogP contribution >= 0.6 is 0 Å². The number of carbonyl (C=O) groups is 1. The maximum atomic E-state index is 12.4. The molecule has 4 aromatic rings. The average Bonchev–Trinajstić information content (AvgIpc) is 3.19. The molecule has 0 atom stereocenters. The Morgan fingerprint density at radius 3 is 2.69 bits per heavy atom. The summed E-state index contributed by atoms with van der Waals surface area (Å²) in [6.07, 6.45) is 1.65. The van der Waals surface area contributed by atoms with Gasteiger partial charge in [-0.2, -0.15) is 5.10 Å². The largest absolute Gasteiger partial charge is 0.451 e. The van der Waals surface area contributed by atoms with E-state index in [0.717, 1.165) is 33.1 Å². The summed E-state index contributed by atoms with van der Waals surface area (Å²) in [6.45, 7) is 4.04. The number of furan rings is 1. The highest BCUT2D eigenvalue weighted by Gasteiger charge is 2.13. The van der Waals surface area contributed by atoms with Gasteiger partial charge in [0.2, 0.25) is 0 Å². The molecule has 0 aliphatic heterocycles. The van der Waals surface area contributed by atoms with Gasteiger partial charge in [0.05, 0.1) is 6.21 Å². The SMILES string of the molecule is Cc1cc(/C=N/NC(=O)c2cc3c(ccc4ccccc43)o2)c(C)n1C. The van der Waals surface area contributed by atoms with E-state index in [0.29, 0.717) is 5.58 Å². The predicted molar refractivity (Wildman–Crippen MR) is 104 cm³/mol. The third-order valence-corrected chi connectivity index (χ3v) is 4.83. The zero-order valence-corrected chi connectivity index (χ0v) is 14.9. The van der Waals surface area contributed by atoms with Crippen LogP contribution in [0.3, 0.4) is 0 Å². The Bertz CT molecular complexity index is 1160. The molecule has 2 aromatic heterocycles. The van der Waals surface area contributed by atoms with Crippen LogP contribution in [0.4, 0.5) is 0 Å². The Balaban J connectivity index is 1.59. The lowest BCUT2D eigenvalue weighted by Crippen LogP contribution is -2.16. The first-order valence-electron chi connectivity index (χ1n) is 8.42. The molecule has 5 nitrogen and oxygen atoms in total. The van der Waals surface area contributed by atoms with Gasteiger partial charge in [-0.1, -0.05) is 30.3 Å². The van der Waals surface area contributed by atoms with Crippen molar-refractivity contribution < 1.29 is 9.21 Å². The monoisotopic (exact) mass is 345 g/mol. The summed E-state index contributed by atoms with van der Waals surface area (Å²) in [4.78, 5) is 12.4. The maximum Gasteiger partial charge on any atom is 0.307 e. The number of amides is 1. The van der Waals surface area contributed by atoms with Crippen LogP contribution in [0.25, 0.3) is 21.7 Å². The molecule has 0 aliphatic rings. The summed E-state index contributed by atoms with van der Waals surface area (Å²) in [6, 6.07) is 15.7. The minimum absolute atomic E-state index is 0.245. The Kier molecular flexibility index (Phi) is 3.84. The first-order chi connectivity index (χ1) is 12.5. The molecule has 5 heteroatoms. The van der Waals surface area contributed by atoms with Crippen LogP contribution in [0.1, 0.15) is 27.5 Å². The summed E-state index contributed by atoms with van der Waals surface area (Å²) in [5.41, 5.74) is 6.43. The number of hydrazone groups is 1. The lowest BCUT2D eigenvalue weighted by Gasteiger charge is -1.99. The molecule has 0 radical (unpaired) electrons. The van der Waals surface area contributed by atoms with E-state index < -0.39 is 0 Å². The smallest absolute Gasteiger partial charge is 0.307 e. The zero-order valence-electron chi connectivity index (χ0n) is 14.9. The lowest BCUT2D eigenvalue weighted by molar-refractivity contribution is 0.0929. The molecule has 26 heavy (non-hydrogen) atoms. The first-order valence-corrected chi connectivity index (χ1v) is 8.42. The van der Waals surface area contributed by atoms with Crippen molar-refractivity contribution in [3.05, 3.63) is 71.2 Å². The zero-order chi connectivity index (χ0) is 18.3. The van der Waals surface area contributed by atoms with Crippen LogP contribution in [0, 0.1) is 13.8 Å². The number of carbonyl (C=O) groups excluding carboxylic acids is 1. The predicted octanol–water partition coefficient (Wildman–Crippen LogP) is 4.31. The molecular formula is C21H19N3O2. The molecule has 1 amide bonds. The summed E-state index contributed by atoms with van der Waals surface area (Å²) in [5.74, 6) is -0.124. The highest BCUT2D eigenvalue weighted by atomic mass is 16.3. The van der Waals surface area contributed by atoms with Crippen LogP contribution < -0.4 is 5.43 Å². The molecule has 2 aromatic carbocycles. The van der Waals surface area contributed by atoms with Crippen molar-refractivity contribution in [2.75, 3.05) is 0 Å². The van der Waals surface area contributed by atoms with Gasteiger partial charge in [0.15, 0.2) is 5.76 Å². The minimum atomic E-state index is -0.369. The van der Waals surface area contributed by atoms with Gasteiger partial charge in [-0.3, -0.25) is 4.79 Å². The third kappa shape index (κ3) is 2.67. The van der Waals surface area contributed by atoms with Crippen LogP contribution in [0.2, 0.25) is 0 Å². The van der Waals surface area contributed by atoms with Crippen molar-refractivity contribution in [1.29, 1.82) is 0 Å². The Morgan fingerprint density at radius 1 is 1.12 bits per heavy atom. The van der Waals surface area contributed by atoms with Crippen LogP contribution in [0.15, 0.2) is 58.0 Å². The van der Waals surface area contributed by atoms with Crippen LogP contribution in [0.5, 0.6) is 0 Å². The quantitative estimate of drug-likeness (QED) is 0.444. The number of nitrogens with one attached hydrogen (secondary N) is 1. The van der Waals surface area contributed by atoms with Gasteiger partial charge < -0.3 is 8.98 Å². The van der Waals surface area contributed by atoms with Crippen molar-refractivity contribution >= 4 is 33.9 Å². The number of aromatic nitrogens is 1. The maximum absolute atomic E-state index is 12.4. The van der Waals surface area contributed by atoms with E-state index >= 15 is 0 Å². The molecule has 0 saturated heterocycles. The van der Waals surface area contributed by atoms with Crippen molar-refractivity contribution in [3.8, 4) is 0 Å². The van der Waals surface area contributed by atoms with Gasteiger partial charge in [-0.05, 0) is 42.8 Å². The molecule has 1 N–H and O–H groups in total. The molecule has 0 unspecified atom stereocenters. The average molecular weight is 345 g/mol. The fourth-order valence-electron chi connectivity index (χ4n) is 3.14. The Morgan fingerprint density at radius 2 is 1.92 bits per heavy atom. The Hall–Kier alpha value is -3.34. The molecule has 0 fully saturated rings. The molecule has 0 aliphatic carbocycles. The van der Waals surface area contributed by atoms with Crippen LogP contribution in [-0.4, -0.2) is 16.7 Å². The van der Waals surface area contributed by atoms with Crippen LogP contribution in [-0.2, 0) is 7.05 Å². The normalized spacial score (nSPS) is 11.7. The Labute approximate surface area is 150 Å². The molecule has 2 heterocycles. The fourth-order valence-corrected chi connectivity index (χ4v) is 3.14. The van der Waals surface area contributed by atoms with Crippen molar-refractivity contribution in [2.45, 2.75) is 13.8 Å². The molecule has 0 spiro atoms. The van der Waals surface area contributed by atoms with Crippen molar-refractivity contribution in [2.24, 2.45) is 12.1 Å². The number of nitrogens with zero attached hydrogens (tertiary/aromatic N) is 2. The standard InChI is InChI=1S/C21H19N3O2/c1-13-10-16(14(2)24(13)3)12-22-23-21(25)20-11-18-17-7-5-4-6-15(17)8-9-19(18)26-20/h4-12H,1-3H3,(H,23,25)/b22-12+. The molecule has 0 saturated carbocycles. The van der Waals surface area contributed by atoms with Gasteiger partial charge in [-0.15, -0.1) is 0 Å². The number of aryl methyl sites for hydroxylation is 1. The van der Waals surface area contributed by atoms with Gasteiger partial charge in [0.25, 0.3) is 0 Å². The van der Waals surface area contributed by atoms with E-state index in [1.54, 1.807) is 12.3 Å². The third-order valence-electron chi connectivity index (χ3n) is 4.83. The second kappa shape index (κ2) is 6.19. The summed E-state index contributed by atoms with van der Waals surface area (Å²) >= 11 is 0. The number of rotatable bonds is 3.